The highest BCUT2D eigenvalue weighted by Gasteiger charge is 2.36. The summed E-state index contributed by atoms with van der Waals surface area (Å²) < 4.78 is 10.0. The van der Waals surface area contributed by atoms with E-state index in [2.05, 4.69) is 9.39 Å². The van der Waals surface area contributed by atoms with Crippen LogP contribution in [0, 0.1) is 5.41 Å². The van der Waals surface area contributed by atoms with Crippen LogP contribution >= 0.6 is 23.7 Å². The molecule has 8 heteroatoms. The van der Waals surface area contributed by atoms with Gasteiger partial charge in [0.2, 0.25) is 5.17 Å². The molecule has 2 heterocycles. The fourth-order valence-corrected chi connectivity index (χ4v) is 4.15. The molecule has 0 fully saturated rings. The molecule has 1 N–H and O–H groups in total. The van der Waals surface area contributed by atoms with Crippen LogP contribution in [0.1, 0.15) is 11.1 Å². The number of aliphatic imine (C=N–C) groups is 1. The van der Waals surface area contributed by atoms with Crippen LogP contribution in [0.3, 0.4) is 0 Å². The Kier molecular flexibility index (Phi) is 5.31. The van der Waals surface area contributed by atoms with Crippen molar-refractivity contribution in [3.63, 3.8) is 0 Å². The van der Waals surface area contributed by atoms with Crippen molar-refractivity contribution in [2.24, 2.45) is 9.39 Å². The van der Waals surface area contributed by atoms with Crippen LogP contribution < -0.4 is 4.74 Å². The van der Waals surface area contributed by atoms with Crippen LogP contribution in [0.15, 0.2) is 69.6 Å². The third-order valence-corrected chi connectivity index (χ3v) is 5.57. The number of hydrogen-bond acceptors (Lipinski definition) is 6. The van der Waals surface area contributed by atoms with Crippen LogP contribution in [-0.2, 0) is 11.4 Å². The first-order chi connectivity index (χ1) is 13.7. The van der Waals surface area contributed by atoms with Gasteiger partial charge in [-0.05, 0) is 35.6 Å². The van der Waals surface area contributed by atoms with Crippen molar-refractivity contribution in [2.75, 3.05) is 6.26 Å². The van der Waals surface area contributed by atoms with E-state index in [1.807, 2.05) is 60.9 Å². The number of benzene rings is 2. The standard InChI is InChI=1S/C20H16N4O2S2/c1-27-20-23-28-19-22-18(25)16(17(21)24(19)20)11-13-7-9-15(10-8-13)26-12-14-5-3-2-4-6-14/h2-11,21H,12H2,1H3/b16-11-,21-17?. The van der Waals surface area contributed by atoms with Crippen molar-refractivity contribution in [1.82, 2.24) is 4.90 Å². The molecule has 0 saturated heterocycles. The Bertz CT molecular complexity index is 1010. The number of fused-ring (bicyclic) bond motifs is 1. The van der Waals surface area contributed by atoms with E-state index in [0.717, 1.165) is 28.8 Å². The Labute approximate surface area is 171 Å². The Morgan fingerprint density at radius 1 is 1.18 bits per heavy atom. The molecule has 4 rings (SSSR count). The van der Waals surface area contributed by atoms with Gasteiger partial charge in [-0.2, -0.15) is 9.39 Å². The number of amidine groups is 3. The minimum absolute atomic E-state index is 0.0949. The molecule has 0 bridgehead atoms. The molecule has 0 spiro atoms. The summed E-state index contributed by atoms with van der Waals surface area (Å²) in [6.45, 7) is 0.491. The lowest BCUT2D eigenvalue weighted by Gasteiger charge is -2.23. The minimum atomic E-state index is -0.425. The van der Waals surface area contributed by atoms with Crippen LogP contribution in [0.25, 0.3) is 6.08 Å². The van der Waals surface area contributed by atoms with Crippen LogP contribution in [0.4, 0.5) is 0 Å². The summed E-state index contributed by atoms with van der Waals surface area (Å²) in [5, 5.41) is 9.50. The molecular weight excluding hydrogens is 392 g/mol. The normalized spacial score (nSPS) is 17.5. The SMILES string of the molecule is CSC1=NSC2=NC(=O)/C(=C\c3ccc(OCc4ccccc4)cc3)C(=N)N12. The summed E-state index contributed by atoms with van der Waals surface area (Å²) >= 11 is 2.53. The molecule has 6 nitrogen and oxygen atoms in total. The fourth-order valence-electron chi connectivity index (χ4n) is 2.70. The van der Waals surface area contributed by atoms with E-state index in [1.54, 1.807) is 11.0 Å². The van der Waals surface area contributed by atoms with E-state index < -0.39 is 5.91 Å². The van der Waals surface area contributed by atoms with Gasteiger partial charge in [0.15, 0.2) is 5.17 Å². The van der Waals surface area contributed by atoms with Crippen molar-refractivity contribution in [3.8, 4) is 5.75 Å². The van der Waals surface area contributed by atoms with Crippen molar-refractivity contribution in [3.05, 3.63) is 71.3 Å². The maximum absolute atomic E-state index is 12.4. The summed E-state index contributed by atoms with van der Waals surface area (Å²) in [5.41, 5.74) is 2.14. The smallest absolute Gasteiger partial charge is 0.283 e. The van der Waals surface area contributed by atoms with Gasteiger partial charge in [-0.25, -0.2) is 4.90 Å². The van der Waals surface area contributed by atoms with Crippen LogP contribution in [-0.4, -0.2) is 33.2 Å². The van der Waals surface area contributed by atoms with Crippen LogP contribution in [0.2, 0.25) is 0 Å². The first kappa shape index (κ1) is 18.5. The summed E-state index contributed by atoms with van der Waals surface area (Å²) in [6, 6.07) is 17.4. The Balaban J connectivity index is 1.50. The van der Waals surface area contributed by atoms with E-state index in [-0.39, 0.29) is 11.4 Å². The lowest BCUT2D eigenvalue weighted by atomic mass is 10.1. The van der Waals surface area contributed by atoms with E-state index in [0.29, 0.717) is 16.9 Å². The topological polar surface area (TPSA) is 78.1 Å². The summed E-state index contributed by atoms with van der Waals surface area (Å²) in [5.74, 6) is 0.410. The van der Waals surface area contributed by atoms with Gasteiger partial charge in [0.05, 0.1) is 17.5 Å². The molecule has 2 aliphatic rings. The second-order valence-corrected chi connectivity index (χ2v) is 7.46. The third kappa shape index (κ3) is 3.74. The van der Waals surface area contributed by atoms with Crippen molar-refractivity contribution >= 4 is 51.9 Å². The highest BCUT2D eigenvalue weighted by molar-refractivity contribution is 8.18. The Hall–Kier alpha value is -2.84. The molecule has 2 aromatic rings. The van der Waals surface area contributed by atoms with Crippen molar-refractivity contribution in [1.29, 1.82) is 5.41 Å². The van der Waals surface area contributed by atoms with Crippen molar-refractivity contribution in [2.45, 2.75) is 6.61 Å². The predicted molar refractivity (Wildman–Crippen MR) is 116 cm³/mol. The first-order valence-corrected chi connectivity index (χ1v) is 10.4. The number of hydrogen-bond donors (Lipinski definition) is 1. The molecule has 140 valence electrons. The largest absolute Gasteiger partial charge is 0.489 e. The van der Waals surface area contributed by atoms with Gasteiger partial charge >= 0.3 is 0 Å². The molecule has 2 aromatic carbocycles. The highest BCUT2D eigenvalue weighted by Crippen LogP contribution is 2.31. The van der Waals surface area contributed by atoms with Crippen LogP contribution in [0.5, 0.6) is 5.75 Å². The number of carbonyl (C=O) groups excluding carboxylic acids is 1. The molecule has 1 amide bonds. The van der Waals surface area contributed by atoms with E-state index in [4.69, 9.17) is 10.1 Å². The third-order valence-electron chi connectivity index (χ3n) is 4.12. The molecule has 28 heavy (non-hydrogen) atoms. The van der Waals surface area contributed by atoms with Gasteiger partial charge in [0, 0.05) is 0 Å². The molecule has 0 aromatic heterocycles. The molecule has 0 saturated carbocycles. The van der Waals surface area contributed by atoms with E-state index in [1.165, 1.54) is 11.8 Å². The second-order valence-electron chi connectivity index (χ2n) is 5.95. The molecule has 0 atom stereocenters. The number of amides is 1. The number of nitrogens with zero attached hydrogens (tertiary/aromatic N) is 3. The van der Waals surface area contributed by atoms with Crippen molar-refractivity contribution < 1.29 is 9.53 Å². The average molecular weight is 409 g/mol. The highest BCUT2D eigenvalue weighted by atomic mass is 32.2. The number of carbonyl (C=O) groups is 1. The number of nitrogens with one attached hydrogen (secondary N) is 1. The molecule has 0 unspecified atom stereocenters. The maximum atomic E-state index is 12.4. The zero-order chi connectivity index (χ0) is 19.5. The van der Waals surface area contributed by atoms with Gasteiger partial charge in [-0.3, -0.25) is 10.2 Å². The quantitative estimate of drug-likeness (QED) is 0.606. The molecule has 2 aliphatic heterocycles. The van der Waals surface area contributed by atoms with E-state index >= 15 is 0 Å². The zero-order valence-corrected chi connectivity index (χ0v) is 16.6. The van der Waals surface area contributed by atoms with Gasteiger partial charge in [-0.1, -0.05) is 54.2 Å². The fraction of sp³-hybridized carbons (Fsp3) is 0.100. The summed E-state index contributed by atoms with van der Waals surface area (Å²) in [4.78, 5) is 18.0. The van der Waals surface area contributed by atoms with Gasteiger partial charge < -0.3 is 4.74 Å². The predicted octanol–water partition coefficient (Wildman–Crippen LogP) is 4.21. The number of ether oxygens (including phenoxy) is 1. The first-order valence-electron chi connectivity index (χ1n) is 8.45. The van der Waals surface area contributed by atoms with E-state index in [9.17, 15) is 4.79 Å². The number of thioether (sulfide) groups is 1. The molecule has 0 aliphatic carbocycles. The van der Waals surface area contributed by atoms with Gasteiger partial charge in [0.25, 0.3) is 5.91 Å². The summed E-state index contributed by atoms with van der Waals surface area (Å²) in [7, 11) is 0. The Morgan fingerprint density at radius 2 is 1.93 bits per heavy atom. The number of rotatable bonds is 4. The zero-order valence-electron chi connectivity index (χ0n) is 15.0. The minimum Gasteiger partial charge on any atom is -0.489 e. The maximum Gasteiger partial charge on any atom is 0.283 e. The van der Waals surface area contributed by atoms with Gasteiger partial charge in [-0.15, -0.1) is 0 Å². The lowest BCUT2D eigenvalue weighted by Crippen LogP contribution is -2.41. The average Bonchev–Trinajstić information content (AvgIpc) is 3.14. The lowest BCUT2D eigenvalue weighted by molar-refractivity contribution is -0.114. The van der Waals surface area contributed by atoms with Gasteiger partial charge in [0.1, 0.15) is 18.2 Å². The molecule has 0 radical (unpaired) electrons. The second kappa shape index (κ2) is 8.04. The Morgan fingerprint density at radius 3 is 2.64 bits per heavy atom. The summed E-state index contributed by atoms with van der Waals surface area (Å²) in [6.07, 6.45) is 3.55. The monoisotopic (exact) mass is 408 g/mol. The molecular formula is C20H16N4O2S2.